The van der Waals surface area contributed by atoms with Gasteiger partial charge in [0, 0.05) is 27.0 Å². The molecule has 0 spiro atoms. The first-order valence-corrected chi connectivity index (χ1v) is 8.86. The number of aryl methyl sites for hydroxylation is 1. The van der Waals surface area contributed by atoms with Gasteiger partial charge in [-0.3, -0.25) is 0 Å². The lowest BCUT2D eigenvalue weighted by Gasteiger charge is -2.12. The van der Waals surface area contributed by atoms with E-state index in [9.17, 15) is 5.21 Å². The van der Waals surface area contributed by atoms with Gasteiger partial charge in [-0.15, -0.1) is 0 Å². The normalized spacial score (nSPS) is 11.4. The summed E-state index contributed by atoms with van der Waals surface area (Å²) in [4.78, 5) is 0. The summed E-state index contributed by atoms with van der Waals surface area (Å²) in [7, 11) is 0. The summed E-state index contributed by atoms with van der Waals surface area (Å²) in [6, 6.07) is 21.2. The summed E-state index contributed by atoms with van der Waals surface area (Å²) in [6.45, 7) is 1.97. The number of benzene rings is 3. The standard InChI is InChI=1S/C20H16BrClN2O/c1-13-5-2-3-8-17(13)20(24-25)18-10-9-16(12-19(18)22)23-15-7-4-6-14(21)11-15/h2-12,23,25H,1H3. The Morgan fingerprint density at radius 2 is 1.72 bits per heavy atom. The number of nitrogens with one attached hydrogen (secondary N) is 1. The second-order valence-corrected chi connectivity index (χ2v) is 6.92. The van der Waals surface area contributed by atoms with Crippen molar-refractivity contribution in [1.82, 2.24) is 0 Å². The van der Waals surface area contributed by atoms with E-state index in [-0.39, 0.29) is 0 Å². The van der Waals surface area contributed by atoms with E-state index < -0.39 is 0 Å². The van der Waals surface area contributed by atoms with Crippen molar-refractivity contribution >= 4 is 44.6 Å². The number of rotatable bonds is 4. The zero-order valence-electron chi connectivity index (χ0n) is 13.5. The van der Waals surface area contributed by atoms with Crippen molar-refractivity contribution in [2.45, 2.75) is 6.92 Å². The molecule has 0 fully saturated rings. The molecule has 3 aromatic carbocycles. The molecular weight excluding hydrogens is 400 g/mol. The molecule has 0 saturated heterocycles. The van der Waals surface area contributed by atoms with Gasteiger partial charge in [0.05, 0.1) is 5.02 Å². The Kier molecular flexibility index (Phi) is 5.41. The Labute approximate surface area is 160 Å². The van der Waals surface area contributed by atoms with Crippen LogP contribution in [0.15, 0.2) is 76.4 Å². The molecule has 0 amide bonds. The lowest BCUT2D eigenvalue weighted by atomic mass is 9.98. The van der Waals surface area contributed by atoms with Crippen LogP contribution in [0.2, 0.25) is 5.02 Å². The summed E-state index contributed by atoms with van der Waals surface area (Å²) < 4.78 is 0.995. The molecule has 0 aliphatic rings. The number of oxime groups is 1. The first kappa shape index (κ1) is 17.5. The van der Waals surface area contributed by atoms with Gasteiger partial charge in [0.1, 0.15) is 5.71 Å². The van der Waals surface area contributed by atoms with Crippen LogP contribution < -0.4 is 5.32 Å². The van der Waals surface area contributed by atoms with E-state index in [0.717, 1.165) is 27.0 Å². The van der Waals surface area contributed by atoms with Crippen LogP contribution in [-0.2, 0) is 0 Å². The number of nitrogens with zero attached hydrogens (tertiary/aromatic N) is 1. The molecule has 5 heteroatoms. The zero-order valence-corrected chi connectivity index (χ0v) is 15.8. The quantitative estimate of drug-likeness (QED) is 0.295. The summed E-state index contributed by atoms with van der Waals surface area (Å²) in [5.74, 6) is 0. The first-order chi connectivity index (χ1) is 12.1. The van der Waals surface area contributed by atoms with Gasteiger partial charge in [-0.2, -0.15) is 0 Å². The SMILES string of the molecule is Cc1ccccc1C(=NO)c1ccc(Nc2cccc(Br)c2)cc1Cl. The highest BCUT2D eigenvalue weighted by Gasteiger charge is 2.14. The molecule has 126 valence electrons. The topological polar surface area (TPSA) is 44.6 Å². The minimum absolute atomic E-state index is 0.456. The van der Waals surface area contributed by atoms with Crippen LogP contribution in [-0.4, -0.2) is 10.9 Å². The second kappa shape index (κ2) is 7.72. The van der Waals surface area contributed by atoms with E-state index in [1.807, 2.05) is 73.7 Å². The molecule has 3 rings (SSSR count). The Hall–Kier alpha value is -2.30. The molecule has 3 nitrogen and oxygen atoms in total. The van der Waals surface area contributed by atoms with Gasteiger partial charge < -0.3 is 10.5 Å². The average molecular weight is 416 g/mol. The molecule has 0 unspecified atom stereocenters. The summed E-state index contributed by atoms with van der Waals surface area (Å²) in [5.41, 5.74) is 4.81. The number of hydrogen-bond donors (Lipinski definition) is 2. The van der Waals surface area contributed by atoms with Crippen molar-refractivity contribution in [3.63, 3.8) is 0 Å². The van der Waals surface area contributed by atoms with Crippen molar-refractivity contribution < 1.29 is 5.21 Å². The van der Waals surface area contributed by atoms with Gasteiger partial charge in [0.2, 0.25) is 0 Å². The third-order valence-electron chi connectivity index (χ3n) is 3.84. The third-order valence-corrected chi connectivity index (χ3v) is 4.64. The molecule has 0 aromatic heterocycles. The fourth-order valence-corrected chi connectivity index (χ4v) is 3.28. The zero-order chi connectivity index (χ0) is 17.8. The maximum absolute atomic E-state index is 9.53. The maximum Gasteiger partial charge on any atom is 0.118 e. The second-order valence-electron chi connectivity index (χ2n) is 5.59. The predicted octanol–water partition coefficient (Wildman–Crippen LogP) is 6.38. The van der Waals surface area contributed by atoms with Gasteiger partial charge in [-0.05, 0) is 48.9 Å². The van der Waals surface area contributed by atoms with Crippen LogP contribution in [0.4, 0.5) is 11.4 Å². The van der Waals surface area contributed by atoms with E-state index in [2.05, 4.69) is 26.4 Å². The molecule has 0 aliphatic carbocycles. The Morgan fingerprint density at radius 1 is 0.960 bits per heavy atom. The van der Waals surface area contributed by atoms with Gasteiger partial charge in [-0.1, -0.05) is 63.0 Å². The minimum Gasteiger partial charge on any atom is -0.410 e. The van der Waals surface area contributed by atoms with Crippen molar-refractivity contribution in [2.75, 3.05) is 5.32 Å². The van der Waals surface area contributed by atoms with Crippen LogP contribution in [0.1, 0.15) is 16.7 Å². The first-order valence-electron chi connectivity index (χ1n) is 7.69. The minimum atomic E-state index is 0.456. The van der Waals surface area contributed by atoms with Crippen LogP contribution >= 0.6 is 27.5 Å². The Balaban J connectivity index is 1.93. The lowest BCUT2D eigenvalue weighted by molar-refractivity contribution is 0.319. The molecule has 0 aliphatic heterocycles. The molecule has 0 heterocycles. The number of hydrogen-bond acceptors (Lipinski definition) is 3. The highest BCUT2D eigenvalue weighted by molar-refractivity contribution is 9.10. The van der Waals surface area contributed by atoms with Crippen molar-refractivity contribution in [3.05, 3.63) is 92.9 Å². The highest BCUT2D eigenvalue weighted by Crippen LogP contribution is 2.27. The molecule has 0 bridgehead atoms. The van der Waals surface area contributed by atoms with Crippen LogP contribution in [0.5, 0.6) is 0 Å². The third kappa shape index (κ3) is 4.03. The predicted molar refractivity (Wildman–Crippen MR) is 107 cm³/mol. The number of halogens is 2. The Morgan fingerprint density at radius 3 is 2.40 bits per heavy atom. The molecule has 2 N–H and O–H groups in total. The van der Waals surface area contributed by atoms with E-state index in [4.69, 9.17) is 11.6 Å². The number of anilines is 2. The van der Waals surface area contributed by atoms with E-state index in [1.54, 1.807) is 0 Å². The largest absolute Gasteiger partial charge is 0.410 e. The fraction of sp³-hybridized carbons (Fsp3) is 0.0500. The summed E-state index contributed by atoms with van der Waals surface area (Å²) >= 11 is 9.91. The van der Waals surface area contributed by atoms with Gasteiger partial charge in [0.25, 0.3) is 0 Å². The summed E-state index contributed by atoms with van der Waals surface area (Å²) in [6.07, 6.45) is 0. The average Bonchev–Trinajstić information content (AvgIpc) is 2.59. The van der Waals surface area contributed by atoms with E-state index in [1.165, 1.54) is 0 Å². The van der Waals surface area contributed by atoms with Gasteiger partial charge in [0.15, 0.2) is 0 Å². The maximum atomic E-state index is 9.53. The molecular formula is C20H16BrClN2O. The fourth-order valence-electron chi connectivity index (χ4n) is 2.61. The molecule has 3 aromatic rings. The van der Waals surface area contributed by atoms with Crippen molar-refractivity contribution in [2.24, 2.45) is 5.16 Å². The highest BCUT2D eigenvalue weighted by atomic mass is 79.9. The van der Waals surface area contributed by atoms with E-state index >= 15 is 0 Å². The molecule has 0 atom stereocenters. The van der Waals surface area contributed by atoms with Crippen molar-refractivity contribution in [3.8, 4) is 0 Å². The van der Waals surface area contributed by atoms with Gasteiger partial charge >= 0.3 is 0 Å². The molecule has 0 saturated carbocycles. The smallest absolute Gasteiger partial charge is 0.118 e. The lowest BCUT2D eigenvalue weighted by Crippen LogP contribution is -2.06. The molecule has 0 radical (unpaired) electrons. The Bertz CT molecular complexity index is 940. The van der Waals surface area contributed by atoms with Gasteiger partial charge in [-0.25, -0.2) is 0 Å². The van der Waals surface area contributed by atoms with E-state index in [0.29, 0.717) is 16.3 Å². The molecule has 25 heavy (non-hydrogen) atoms. The van der Waals surface area contributed by atoms with Crippen molar-refractivity contribution in [1.29, 1.82) is 0 Å². The summed E-state index contributed by atoms with van der Waals surface area (Å²) in [5, 5.41) is 16.8. The van der Waals surface area contributed by atoms with Crippen LogP contribution in [0.3, 0.4) is 0 Å². The van der Waals surface area contributed by atoms with Crippen LogP contribution in [0.25, 0.3) is 0 Å². The monoisotopic (exact) mass is 414 g/mol. The van der Waals surface area contributed by atoms with Crippen LogP contribution in [0, 0.1) is 6.92 Å².